The van der Waals surface area contributed by atoms with Gasteiger partial charge in [-0.3, -0.25) is 9.59 Å². The molecule has 1 N–H and O–H groups in total. The average Bonchev–Trinajstić information content (AvgIpc) is 3.02. The molecule has 3 aromatic rings. The molecule has 0 fully saturated rings. The Morgan fingerprint density at radius 2 is 2.00 bits per heavy atom. The zero-order valence-electron chi connectivity index (χ0n) is 14.9. The first-order valence-corrected chi connectivity index (χ1v) is 9.08. The molecule has 26 heavy (non-hydrogen) atoms. The smallest absolute Gasteiger partial charge is 0.276 e. The van der Waals surface area contributed by atoms with Crippen LogP contribution in [0.5, 0.6) is 0 Å². The monoisotopic (exact) mass is 350 g/mol. The van der Waals surface area contributed by atoms with Crippen LogP contribution >= 0.6 is 0 Å². The number of carbonyl (C=O) groups excluding carboxylic acids is 1. The maximum Gasteiger partial charge on any atom is 0.276 e. The van der Waals surface area contributed by atoms with Crippen LogP contribution in [0.15, 0.2) is 41.5 Å². The number of fused-ring (bicyclic) bond motifs is 3. The van der Waals surface area contributed by atoms with Gasteiger partial charge in [0.2, 0.25) is 5.91 Å². The number of nitrogens with zero attached hydrogens (tertiary/aromatic N) is 3. The first-order chi connectivity index (χ1) is 12.6. The lowest BCUT2D eigenvalue weighted by Gasteiger charge is -2.10. The van der Waals surface area contributed by atoms with Gasteiger partial charge >= 0.3 is 0 Å². The first-order valence-electron chi connectivity index (χ1n) is 9.08. The van der Waals surface area contributed by atoms with Crippen molar-refractivity contribution in [1.82, 2.24) is 14.2 Å². The van der Waals surface area contributed by atoms with Gasteiger partial charge in [0.15, 0.2) is 0 Å². The average molecular weight is 350 g/mol. The molecule has 2 heterocycles. The van der Waals surface area contributed by atoms with Crippen molar-refractivity contribution >= 4 is 17.1 Å². The minimum Gasteiger partial charge on any atom is -0.326 e. The molecule has 0 spiro atoms. The van der Waals surface area contributed by atoms with Crippen LogP contribution in [0.3, 0.4) is 0 Å². The summed E-state index contributed by atoms with van der Waals surface area (Å²) in [7, 11) is 0. The largest absolute Gasteiger partial charge is 0.326 e. The summed E-state index contributed by atoms with van der Waals surface area (Å²) in [5.41, 5.74) is 4.56. The number of hydrogen-bond acceptors (Lipinski definition) is 3. The highest BCUT2D eigenvalue weighted by molar-refractivity contribution is 5.91. The summed E-state index contributed by atoms with van der Waals surface area (Å²) in [6.45, 7) is 2.31. The van der Waals surface area contributed by atoms with Crippen molar-refractivity contribution in [2.75, 3.05) is 5.32 Å². The van der Waals surface area contributed by atoms with Crippen molar-refractivity contribution in [2.24, 2.45) is 0 Å². The summed E-state index contributed by atoms with van der Waals surface area (Å²) < 4.78 is 3.31. The Bertz CT molecular complexity index is 1030. The van der Waals surface area contributed by atoms with E-state index in [1.54, 1.807) is 15.3 Å². The molecule has 4 rings (SSSR count). The molecule has 0 unspecified atom stereocenters. The van der Waals surface area contributed by atoms with E-state index in [1.807, 2.05) is 37.4 Å². The number of amides is 1. The van der Waals surface area contributed by atoms with Crippen LogP contribution in [0.4, 0.5) is 5.69 Å². The molecule has 6 nitrogen and oxygen atoms in total. The summed E-state index contributed by atoms with van der Waals surface area (Å²) in [5, 5.41) is 7.45. The highest BCUT2D eigenvalue weighted by Crippen LogP contribution is 2.22. The van der Waals surface area contributed by atoms with E-state index < -0.39 is 0 Å². The van der Waals surface area contributed by atoms with Gasteiger partial charge in [0.1, 0.15) is 5.52 Å². The number of aryl methyl sites for hydroxylation is 4. The van der Waals surface area contributed by atoms with E-state index in [2.05, 4.69) is 10.4 Å². The fourth-order valence-corrected chi connectivity index (χ4v) is 3.58. The Morgan fingerprint density at radius 3 is 2.85 bits per heavy atom. The number of rotatable bonds is 4. The number of anilines is 1. The Hall–Kier alpha value is -2.89. The van der Waals surface area contributed by atoms with Gasteiger partial charge in [0.25, 0.3) is 5.56 Å². The molecule has 0 radical (unpaired) electrons. The zero-order chi connectivity index (χ0) is 18.1. The Balaban J connectivity index is 1.52. The van der Waals surface area contributed by atoms with Gasteiger partial charge in [-0.15, -0.1) is 0 Å². The summed E-state index contributed by atoms with van der Waals surface area (Å²) >= 11 is 0. The molecule has 1 aliphatic rings. The molecule has 0 saturated carbocycles. The van der Waals surface area contributed by atoms with Crippen LogP contribution in [0, 0.1) is 6.92 Å². The maximum atomic E-state index is 12.9. The summed E-state index contributed by atoms with van der Waals surface area (Å²) in [5.74, 6) is -0.0957. The Kier molecular flexibility index (Phi) is 4.32. The third-order valence-electron chi connectivity index (χ3n) is 5.03. The lowest BCUT2D eigenvalue weighted by atomic mass is 9.97. The molecule has 6 heteroatoms. The normalized spacial score (nSPS) is 13.6. The third-order valence-corrected chi connectivity index (χ3v) is 5.03. The van der Waals surface area contributed by atoms with Crippen LogP contribution in [0.25, 0.3) is 5.52 Å². The summed E-state index contributed by atoms with van der Waals surface area (Å²) in [4.78, 5) is 25.1. The number of aromatic nitrogens is 3. The quantitative estimate of drug-likeness (QED) is 0.787. The number of para-hydroxylation sites is 1. The van der Waals surface area contributed by atoms with Gasteiger partial charge in [0, 0.05) is 36.6 Å². The Morgan fingerprint density at radius 1 is 1.19 bits per heavy atom. The second-order valence-corrected chi connectivity index (χ2v) is 6.84. The van der Waals surface area contributed by atoms with Crippen LogP contribution in [-0.4, -0.2) is 20.1 Å². The Labute approximate surface area is 151 Å². The van der Waals surface area contributed by atoms with Gasteiger partial charge < -0.3 is 9.88 Å². The minimum atomic E-state index is -0.0957. The highest BCUT2D eigenvalue weighted by atomic mass is 16.2. The molecule has 0 atom stereocenters. The van der Waals surface area contributed by atoms with E-state index in [0.717, 1.165) is 48.2 Å². The molecule has 134 valence electrons. The van der Waals surface area contributed by atoms with Crippen molar-refractivity contribution < 1.29 is 4.79 Å². The lowest BCUT2D eigenvalue weighted by molar-refractivity contribution is -0.116. The molecule has 0 saturated heterocycles. The maximum absolute atomic E-state index is 12.9. The third kappa shape index (κ3) is 3.03. The van der Waals surface area contributed by atoms with E-state index in [9.17, 15) is 9.59 Å². The summed E-state index contributed by atoms with van der Waals surface area (Å²) in [6.07, 6.45) is 7.86. The predicted octanol–water partition coefficient (Wildman–Crippen LogP) is 2.71. The number of benzene rings is 1. The highest BCUT2D eigenvalue weighted by Gasteiger charge is 2.19. The molecule has 1 aliphatic carbocycles. The van der Waals surface area contributed by atoms with Gasteiger partial charge in [0.05, 0.1) is 5.69 Å². The van der Waals surface area contributed by atoms with E-state index >= 15 is 0 Å². The summed E-state index contributed by atoms with van der Waals surface area (Å²) in [6, 6.07) is 7.66. The van der Waals surface area contributed by atoms with Crippen molar-refractivity contribution in [1.29, 1.82) is 0 Å². The van der Waals surface area contributed by atoms with Crippen LogP contribution in [0.1, 0.15) is 36.1 Å². The number of carbonyl (C=O) groups is 1. The number of hydrogen-bond donors (Lipinski definition) is 1. The second-order valence-electron chi connectivity index (χ2n) is 6.84. The van der Waals surface area contributed by atoms with Crippen LogP contribution in [0.2, 0.25) is 0 Å². The SMILES string of the molecule is Cc1ccccc1NC(=O)CCn1ccn2nc3c(c2c1=O)CCCC3. The fourth-order valence-electron chi connectivity index (χ4n) is 3.58. The number of nitrogens with one attached hydrogen (secondary N) is 1. The fraction of sp³-hybridized carbons (Fsp3) is 0.350. The molecule has 1 aromatic carbocycles. The molecule has 1 amide bonds. The standard InChI is InChI=1S/C20H22N4O2/c1-14-6-2-4-8-16(14)21-18(25)10-11-23-12-13-24-19(20(23)26)15-7-3-5-9-17(15)22-24/h2,4,6,8,12-13H,3,5,7,9-11H2,1H3,(H,21,25). The van der Waals surface area contributed by atoms with Gasteiger partial charge in [-0.1, -0.05) is 18.2 Å². The van der Waals surface area contributed by atoms with E-state index in [4.69, 9.17) is 0 Å². The van der Waals surface area contributed by atoms with Gasteiger partial charge in [-0.05, 0) is 44.2 Å². The van der Waals surface area contributed by atoms with Crippen molar-refractivity contribution in [3.63, 3.8) is 0 Å². The van der Waals surface area contributed by atoms with E-state index in [0.29, 0.717) is 12.1 Å². The molecule has 2 aromatic heterocycles. The van der Waals surface area contributed by atoms with Gasteiger partial charge in [-0.2, -0.15) is 5.10 Å². The molecular formula is C20H22N4O2. The van der Waals surface area contributed by atoms with Gasteiger partial charge in [-0.25, -0.2) is 4.52 Å². The molecular weight excluding hydrogens is 328 g/mol. The second kappa shape index (κ2) is 6.78. The van der Waals surface area contributed by atoms with Crippen LogP contribution < -0.4 is 10.9 Å². The first kappa shape index (κ1) is 16.6. The lowest BCUT2D eigenvalue weighted by Crippen LogP contribution is -2.25. The van der Waals surface area contributed by atoms with E-state index in [-0.39, 0.29) is 17.9 Å². The van der Waals surface area contributed by atoms with Crippen molar-refractivity contribution in [2.45, 2.75) is 45.6 Å². The zero-order valence-corrected chi connectivity index (χ0v) is 14.9. The predicted molar refractivity (Wildman–Crippen MR) is 101 cm³/mol. The minimum absolute atomic E-state index is 0.0631. The topological polar surface area (TPSA) is 68.4 Å². The molecule has 0 aliphatic heterocycles. The van der Waals surface area contributed by atoms with Crippen molar-refractivity contribution in [3.8, 4) is 0 Å². The molecule has 0 bridgehead atoms. The van der Waals surface area contributed by atoms with Crippen LogP contribution in [-0.2, 0) is 24.2 Å². The van der Waals surface area contributed by atoms with E-state index in [1.165, 1.54) is 0 Å². The van der Waals surface area contributed by atoms with Crippen molar-refractivity contribution in [3.05, 3.63) is 63.8 Å².